The average molecular weight is 866 g/mol. The number of phosphoric ester groups is 3. The number of nitrogens with two attached hydrogens (primary N) is 1. The van der Waals surface area contributed by atoms with E-state index in [0.717, 1.165) is 29.0 Å². The average Bonchev–Trinajstić information content (AvgIpc) is 3.64. The van der Waals surface area contributed by atoms with Gasteiger partial charge in [-0.2, -0.15) is 4.31 Å². The van der Waals surface area contributed by atoms with E-state index in [2.05, 4.69) is 34.4 Å². The lowest BCUT2D eigenvalue weighted by molar-refractivity contribution is -0.137. The van der Waals surface area contributed by atoms with Gasteiger partial charge in [-0.05, 0) is 13.8 Å². The van der Waals surface area contributed by atoms with Gasteiger partial charge in [0.15, 0.2) is 22.8 Å². The number of rotatable bonds is 21. The van der Waals surface area contributed by atoms with Crippen LogP contribution in [0.2, 0.25) is 0 Å². The number of anilines is 1. The van der Waals surface area contributed by atoms with Crippen LogP contribution in [-0.4, -0.2) is 128 Å². The van der Waals surface area contributed by atoms with E-state index >= 15 is 0 Å². The number of amides is 2. The molecule has 310 valence electrons. The van der Waals surface area contributed by atoms with Crippen LogP contribution in [0.25, 0.3) is 11.2 Å². The number of carbonyl (C=O) groups excluding carboxylic acids is 4. The normalized spacial score (nSPS) is 22.4. The number of nitrogen functional groups attached to an aromatic ring is 1. The number of thioether (sulfide) groups is 1. The molecule has 0 aliphatic carbocycles. The first-order valence-electron chi connectivity index (χ1n) is 15.9. The van der Waals surface area contributed by atoms with Crippen LogP contribution >= 0.6 is 35.2 Å². The van der Waals surface area contributed by atoms with Gasteiger partial charge in [0.25, 0.3) is 0 Å². The maximum atomic E-state index is 12.7. The predicted molar refractivity (Wildman–Crippen MR) is 187 cm³/mol. The van der Waals surface area contributed by atoms with Crippen molar-refractivity contribution in [2.75, 3.05) is 37.8 Å². The number of aliphatic hydroxyl groups is 2. The van der Waals surface area contributed by atoms with Gasteiger partial charge in [-0.1, -0.05) is 25.6 Å². The molecule has 1 fully saturated rings. The third-order valence-electron chi connectivity index (χ3n) is 7.71. The molecular formula is C26H42N7O18P3S. The molecule has 2 unspecified atom stereocenters. The molecule has 2 aromatic heterocycles. The number of aromatic nitrogens is 4. The van der Waals surface area contributed by atoms with Gasteiger partial charge in [-0.15, -0.1) is 0 Å². The first kappa shape index (κ1) is 46.6. The summed E-state index contributed by atoms with van der Waals surface area (Å²) in [6.45, 7) is 3.06. The highest BCUT2D eigenvalue weighted by atomic mass is 32.2. The fourth-order valence-electron chi connectivity index (χ4n) is 4.57. The van der Waals surface area contributed by atoms with Crippen LogP contribution in [-0.2, 0) is 55.5 Å². The molecule has 3 rings (SSSR count). The number of nitrogens with zero attached hydrogens (tertiary/aromatic N) is 4. The number of ether oxygens (including phenoxy) is 1. The predicted octanol–water partition coefficient (Wildman–Crippen LogP) is -1.11. The first-order chi connectivity index (χ1) is 25.3. The van der Waals surface area contributed by atoms with Gasteiger partial charge in [0, 0.05) is 30.7 Å². The molecule has 55 heavy (non-hydrogen) atoms. The highest BCUT2D eigenvalue weighted by molar-refractivity contribution is 8.13. The van der Waals surface area contributed by atoms with Crippen molar-refractivity contribution < 1.29 is 85.3 Å². The van der Waals surface area contributed by atoms with Crippen molar-refractivity contribution in [1.82, 2.24) is 30.2 Å². The Morgan fingerprint density at radius 2 is 1.71 bits per heavy atom. The zero-order chi connectivity index (χ0) is 41.5. The molecule has 2 aromatic rings. The minimum absolute atomic E-state index is 0.0238. The minimum atomic E-state index is -5.58. The summed E-state index contributed by atoms with van der Waals surface area (Å²) < 4.78 is 62.0. The maximum Gasteiger partial charge on any atom is 0.481 e. The van der Waals surface area contributed by atoms with Gasteiger partial charge in [0.2, 0.25) is 11.8 Å². The fraction of sp³-hybridized carbons (Fsp3) is 0.654. The number of hydrogen-bond donors (Lipinski definition) is 9. The maximum absolute atomic E-state index is 12.7. The molecule has 1 saturated heterocycles. The van der Waals surface area contributed by atoms with E-state index in [0.29, 0.717) is 0 Å². The smallest absolute Gasteiger partial charge is 0.386 e. The Morgan fingerprint density at radius 3 is 2.35 bits per heavy atom. The molecule has 0 bridgehead atoms. The number of nitrogens with one attached hydrogen (secondary N) is 2. The second-order valence-electron chi connectivity index (χ2n) is 12.6. The lowest BCUT2D eigenvalue weighted by Gasteiger charge is -2.30. The summed E-state index contributed by atoms with van der Waals surface area (Å²) >= 11 is 0.886. The van der Waals surface area contributed by atoms with Gasteiger partial charge >= 0.3 is 23.5 Å². The molecule has 1 aliphatic heterocycles. The summed E-state index contributed by atoms with van der Waals surface area (Å²) in [4.78, 5) is 98.5. The number of carbonyl (C=O) groups is 4. The van der Waals surface area contributed by atoms with Crippen molar-refractivity contribution in [1.29, 1.82) is 0 Å². The summed E-state index contributed by atoms with van der Waals surface area (Å²) in [5.41, 5.74) is 4.22. The third-order valence-corrected chi connectivity index (χ3v) is 11.9. The van der Waals surface area contributed by atoms with Crippen molar-refractivity contribution in [3.05, 3.63) is 12.7 Å². The molecule has 0 radical (unpaired) electrons. The SMILES string of the molecule is CC(=O)[C@H](C)C(=O)SCCNC(=O)CCNC(=O)[C@H](O)C(C)(C)COP(=O)(O)OP(=O)(O)OC[C@H]1O[C@@H](n2cnc3c(N)ncnc32)[C@H](O)[C@@H]1OP(=O)(O)O. The molecule has 3 heterocycles. The summed E-state index contributed by atoms with van der Waals surface area (Å²) in [5, 5.41) is 25.9. The molecule has 1 aliphatic rings. The van der Waals surface area contributed by atoms with Gasteiger partial charge in [-0.25, -0.2) is 28.6 Å². The zero-order valence-electron chi connectivity index (χ0n) is 29.6. The van der Waals surface area contributed by atoms with Crippen LogP contribution in [0.3, 0.4) is 0 Å². The number of fused-ring (bicyclic) bond motifs is 1. The molecule has 8 atom stereocenters. The molecular weight excluding hydrogens is 823 g/mol. The highest BCUT2D eigenvalue weighted by Crippen LogP contribution is 2.61. The Bertz CT molecular complexity index is 1860. The van der Waals surface area contributed by atoms with Gasteiger partial charge in [0.05, 0.1) is 25.5 Å². The van der Waals surface area contributed by atoms with E-state index in [9.17, 15) is 62.7 Å². The lowest BCUT2D eigenvalue weighted by atomic mass is 9.87. The summed E-state index contributed by atoms with van der Waals surface area (Å²) in [6, 6.07) is 0. The van der Waals surface area contributed by atoms with E-state index < -0.39 is 90.5 Å². The second-order valence-corrected chi connectivity index (χ2v) is 17.9. The number of Topliss-reactive ketones (excluding diaryl/α,β-unsaturated/α-hetero) is 1. The van der Waals surface area contributed by atoms with E-state index in [1.165, 1.54) is 27.7 Å². The minimum Gasteiger partial charge on any atom is -0.386 e. The van der Waals surface area contributed by atoms with Crippen LogP contribution in [0.5, 0.6) is 0 Å². The van der Waals surface area contributed by atoms with Crippen molar-refractivity contribution in [3.8, 4) is 0 Å². The number of aliphatic hydroxyl groups excluding tert-OH is 2. The largest absolute Gasteiger partial charge is 0.481 e. The molecule has 25 nitrogen and oxygen atoms in total. The topological polar surface area (TPSA) is 381 Å². The molecule has 2 amide bonds. The van der Waals surface area contributed by atoms with Crippen molar-refractivity contribution in [3.63, 3.8) is 0 Å². The second kappa shape index (κ2) is 19.1. The molecule has 10 N–H and O–H groups in total. The van der Waals surface area contributed by atoms with Crippen LogP contribution in [0.4, 0.5) is 5.82 Å². The van der Waals surface area contributed by atoms with Crippen LogP contribution in [0.1, 0.15) is 40.3 Å². The third kappa shape index (κ3) is 13.7. The van der Waals surface area contributed by atoms with Crippen molar-refractivity contribution >= 4 is 74.9 Å². The Kier molecular flexibility index (Phi) is 16.2. The highest BCUT2D eigenvalue weighted by Gasteiger charge is 2.50. The number of imidazole rings is 1. The molecule has 29 heteroatoms. The standard InChI is InChI=1S/C26H42N7O18P3S/c1-13(14(2)34)25(39)55-8-7-28-16(35)5-6-29-23(38)20(37)26(3,4)10-48-54(45,46)51-53(43,44)47-9-15-19(50-52(40,41)42)18(36)24(49-15)33-12-32-17-21(27)30-11-31-22(17)33/h11-13,15,18-20,24,36-37H,5-10H2,1-4H3,(H,28,35)(H,29,38)(H,43,44)(H,45,46)(H2,27,30,31)(H2,40,41,42)/t13-,15+,18+,19+,20-,24+/m0/s1. The van der Waals surface area contributed by atoms with Gasteiger partial charge in [0.1, 0.15) is 42.0 Å². The molecule has 0 saturated carbocycles. The van der Waals surface area contributed by atoms with E-state index in [4.69, 9.17) is 19.5 Å². The van der Waals surface area contributed by atoms with Gasteiger partial charge < -0.3 is 50.9 Å². The Labute approximate surface area is 316 Å². The molecule has 0 spiro atoms. The van der Waals surface area contributed by atoms with Crippen LogP contribution in [0, 0.1) is 11.3 Å². The van der Waals surface area contributed by atoms with Gasteiger partial charge in [-0.3, -0.25) is 37.3 Å². The Hall–Kier alpha value is -2.77. The summed E-state index contributed by atoms with van der Waals surface area (Å²) in [5.74, 6) is -2.38. The monoisotopic (exact) mass is 865 g/mol. The van der Waals surface area contributed by atoms with E-state index in [1.807, 2.05) is 0 Å². The summed E-state index contributed by atoms with van der Waals surface area (Å²) in [7, 11) is -16.4. The van der Waals surface area contributed by atoms with E-state index in [-0.39, 0.29) is 53.1 Å². The number of phosphoric acid groups is 3. The first-order valence-corrected chi connectivity index (χ1v) is 21.4. The van der Waals surface area contributed by atoms with Crippen LogP contribution < -0.4 is 16.4 Å². The number of ketones is 1. The number of hydrogen-bond acceptors (Lipinski definition) is 19. The van der Waals surface area contributed by atoms with Crippen molar-refractivity contribution in [2.24, 2.45) is 11.3 Å². The quantitative estimate of drug-likeness (QED) is 0.0408. The molecule has 0 aromatic carbocycles. The fourth-order valence-corrected chi connectivity index (χ4v) is 8.22. The zero-order valence-corrected chi connectivity index (χ0v) is 33.1. The lowest BCUT2D eigenvalue weighted by Crippen LogP contribution is -2.46. The van der Waals surface area contributed by atoms with Crippen LogP contribution in [0.15, 0.2) is 12.7 Å². The van der Waals surface area contributed by atoms with E-state index in [1.54, 1.807) is 0 Å². The summed E-state index contributed by atoms with van der Waals surface area (Å²) in [6.07, 6.45) is -7.03. The van der Waals surface area contributed by atoms with Crippen molar-refractivity contribution in [2.45, 2.75) is 64.8 Å². The Morgan fingerprint density at radius 1 is 1.05 bits per heavy atom. The Balaban J connectivity index is 1.50.